The molecule has 0 aromatic heterocycles. The first kappa shape index (κ1) is 6.18. The molecular weight excluding hydrogens is 126 g/mol. The molecule has 54 valence electrons. The molecule has 0 aromatic carbocycles. The second-order valence-corrected chi connectivity index (χ2v) is 3.25. The standard InChI is InChI=1S/C8H11NO/c9-6-5-8-4-2-1-3-7(8)10-8/h7H,1-5H2/t7-,8+/m0/s1. The van der Waals surface area contributed by atoms with E-state index in [9.17, 15) is 0 Å². The van der Waals surface area contributed by atoms with Gasteiger partial charge >= 0.3 is 0 Å². The summed E-state index contributed by atoms with van der Waals surface area (Å²) < 4.78 is 5.48. The van der Waals surface area contributed by atoms with Gasteiger partial charge < -0.3 is 4.74 Å². The van der Waals surface area contributed by atoms with Crippen LogP contribution in [0.1, 0.15) is 32.1 Å². The molecule has 1 aliphatic carbocycles. The Balaban J connectivity index is 2.00. The summed E-state index contributed by atoms with van der Waals surface area (Å²) in [5.41, 5.74) is 0.0347. The summed E-state index contributed by atoms with van der Waals surface area (Å²) in [5.74, 6) is 0. The molecule has 1 saturated carbocycles. The first-order chi connectivity index (χ1) is 4.87. The van der Waals surface area contributed by atoms with Crippen LogP contribution in [-0.4, -0.2) is 11.7 Å². The van der Waals surface area contributed by atoms with Crippen LogP contribution in [0.5, 0.6) is 0 Å². The molecular formula is C8H11NO. The zero-order valence-electron chi connectivity index (χ0n) is 5.97. The Labute approximate surface area is 60.8 Å². The fourth-order valence-electron chi connectivity index (χ4n) is 1.92. The molecule has 1 heterocycles. The van der Waals surface area contributed by atoms with Crippen molar-refractivity contribution < 1.29 is 4.74 Å². The molecule has 2 atom stereocenters. The molecule has 0 bridgehead atoms. The Bertz CT molecular complexity index is 184. The second kappa shape index (κ2) is 1.96. The van der Waals surface area contributed by atoms with Crippen LogP contribution in [0.25, 0.3) is 0 Å². The lowest BCUT2D eigenvalue weighted by atomic mass is 9.87. The summed E-state index contributed by atoms with van der Waals surface area (Å²) in [4.78, 5) is 0. The van der Waals surface area contributed by atoms with Crippen LogP contribution in [0, 0.1) is 11.3 Å². The summed E-state index contributed by atoms with van der Waals surface area (Å²) in [6.45, 7) is 0. The molecule has 2 rings (SSSR count). The van der Waals surface area contributed by atoms with Crippen LogP contribution in [0.15, 0.2) is 0 Å². The first-order valence-corrected chi connectivity index (χ1v) is 3.92. The third kappa shape index (κ3) is 0.741. The van der Waals surface area contributed by atoms with E-state index in [0.717, 1.165) is 6.42 Å². The zero-order chi connectivity index (χ0) is 7.03. The van der Waals surface area contributed by atoms with Gasteiger partial charge in [0.1, 0.15) is 5.60 Å². The number of ether oxygens (including phenoxy) is 1. The van der Waals surface area contributed by atoms with Gasteiger partial charge in [0.15, 0.2) is 0 Å². The smallest absolute Gasteiger partial charge is 0.108 e. The number of epoxide rings is 1. The van der Waals surface area contributed by atoms with Crippen molar-refractivity contribution >= 4 is 0 Å². The average molecular weight is 137 g/mol. The molecule has 1 saturated heterocycles. The molecule has 2 fully saturated rings. The number of hydrogen-bond donors (Lipinski definition) is 0. The van der Waals surface area contributed by atoms with Crippen LogP contribution < -0.4 is 0 Å². The summed E-state index contributed by atoms with van der Waals surface area (Å²) >= 11 is 0. The largest absolute Gasteiger partial charge is 0.365 e. The molecule has 1 aliphatic heterocycles. The molecule has 0 radical (unpaired) electrons. The average Bonchev–Trinajstić information content (AvgIpc) is 2.62. The van der Waals surface area contributed by atoms with Crippen molar-refractivity contribution in [2.24, 2.45) is 0 Å². The van der Waals surface area contributed by atoms with Crippen LogP contribution in [0.3, 0.4) is 0 Å². The molecule has 2 heteroatoms. The van der Waals surface area contributed by atoms with Crippen molar-refractivity contribution in [3.05, 3.63) is 0 Å². The molecule has 2 aliphatic rings. The number of nitriles is 1. The maximum atomic E-state index is 8.48. The minimum atomic E-state index is 0.0347. The zero-order valence-corrected chi connectivity index (χ0v) is 5.97. The van der Waals surface area contributed by atoms with E-state index in [2.05, 4.69) is 6.07 Å². The van der Waals surface area contributed by atoms with Crippen molar-refractivity contribution in [1.29, 1.82) is 5.26 Å². The highest BCUT2D eigenvalue weighted by molar-refractivity contribution is 5.09. The van der Waals surface area contributed by atoms with E-state index in [1.807, 2.05) is 0 Å². The van der Waals surface area contributed by atoms with Gasteiger partial charge in [0.25, 0.3) is 0 Å². The van der Waals surface area contributed by atoms with E-state index in [4.69, 9.17) is 10.00 Å². The molecule has 10 heavy (non-hydrogen) atoms. The SMILES string of the molecule is N#CC[C@]12CCCC[C@@H]1O2. The van der Waals surface area contributed by atoms with Crippen molar-refractivity contribution in [3.8, 4) is 6.07 Å². The van der Waals surface area contributed by atoms with Gasteiger partial charge in [-0.15, -0.1) is 0 Å². The molecule has 2 nitrogen and oxygen atoms in total. The quantitative estimate of drug-likeness (QED) is 0.515. The monoisotopic (exact) mass is 137 g/mol. The Morgan fingerprint density at radius 2 is 2.50 bits per heavy atom. The molecule has 0 N–H and O–H groups in total. The highest BCUT2D eigenvalue weighted by Crippen LogP contribution is 2.49. The summed E-state index contributed by atoms with van der Waals surface area (Å²) in [7, 11) is 0. The van der Waals surface area contributed by atoms with Gasteiger partial charge in [-0.3, -0.25) is 0 Å². The Kier molecular flexibility index (Phi) is 1.21. The van der Waals surface area contributed by atoms with Crippen molar-refractivity contribution in [3.63, 3.8) is 0 Å². The van der Waals surface area contributed by atoms with Crippen molar-refractivity contribution in [1.82, 2.24) is 0 Å². The van der Waals surface area contributed by atoms with Gasteiger partial charge in [0.05, 0.1) is 18.6 Å². The van der Waals surface area contributed by atoms with E-state index in [-0.39, 0.29) is 5.60 Å². The van der Waals surface area contributed by atoms with Gasteiger partial charge in [0, 0.05) is 0 Å². The van der Waals surface area contributed by atoms with Crippen molar-refractivity contribution in [2.75, 3.05) is 0 Å². The van der Waals surface area contributed by atoms with Crippen molar-refractivity contribution in [2.45, 2.75) is 43.8 Å². The molecule has 0 spiro atoms. The second-order valence-electron chi connectivity index (χ2n) is 3.25. The number of rotatable bonds is 1. The highest BCUT2D eigenvalue weighted by atomic mass is 16.6. The number of fused-ring (bicyclic) bond motifs is 1. The Morgan fingerprint density at radius 3 is 3.20 bits per heavy atom. The predicted molar refractivity (Wildman–Crippen MR) is 36.3 cm³/mol. The van der Waals surface area contributed by atoms with E-state index >= 15 is 0 Å². The normalized spacial score (nSPS) is 43.7. The topological polar surface area (TPSA) is 36.3 Å². The summed E-state index contributed by atoms with van der Waals surface area (Å²) in [5, 5.41) is 8.48. The lowest BCUT2D eigenvalue weighted by Crippen LogP contribution is -2.18. The lowest BCUT2D eigenvalue weighted by Gasteiger charge is -2.12. The van der Waals surface area contributed by atoms with Crippen LogP contribution in [-0.2, 0) is 4.74 Å². The van der Waals surface area contributed by atoms with Crippen LogP contribution in [0.4, 0.5) is 0 Å². The number of hydrogen-bond acceptors (Lipinski definition) is 2. The maximum absolute atomic E-state index is 8.48. The minimum Gasteiger partial charge on any atom is -0.365 e. The Hall–Kier alpha value is -0.550. The summed E-state index contributed by atoms with van der Waals surface area (Å²) in [6.07, 6.45) is 5.89. The third-order valence-corrected chi connectivity index (χ3v) is 2.60. The summed E-state index contributed by atoms with van der Waals surface area (Å²) in [6, 6.07) is 2.19. The first-order valence-electron chi connectivity index (χ1n) is 3.92. The maximum Gasteiger partial charge on any atom is 0.108 e. The predicted octanol–water partition coefficient (Wildman–Crippen LogP) is 1.61. The minimum absolute atomic E-state index is 0.0347. The Morgan fingerprint density at radius 1 is 1.60 bits per heavy atom. The van der Waals surface area contributed by atoms with E-state index in [1.165, 1.54) is 19.3 Å². The van der Waals surface area contributed by atoms with Crippen LogP contribution in [0.2, 0.25) is 0 Å². The van der Waals surface area contributed by atoms with E-state index in [0.29, 0.717) is 12.5 Å². The van der Waals surface area contributed by atoms with Gasteiger partial charge in [-0.1, -0.05) is 12.8 Å². The van der Waals surface area contributed by atoms with Gasteiger partial charge in [-0.2, -0.15) is 5.26 Å². The third-order valence-electron chi connectivity index (χ3n) is 2.60. The molecule has 0 amide bonds. The lowest BCUT2D eigenvalue weighted by molar-refractivity contribution is 0.289. The van der Waals surface area contributed by atoms with E-state index < -0.39 is 0 Å². The molecule has 0 aromatic rings. The van der Waals surface area contributed by atoms with Gasteiger partial charge in [0.2, 0.25) is 0 Å². The van der Waals surface area contributed by atoms with Crippen LogP contribution >= 0.6 is 0 Å². The highest BCUT2D eigenvalue weighted by Gasteiger charge is 2.56. The van der Waals surface area contributed by atoms with E-state index in [1.54, 1.807) is 0 Å². The fraction of sp³-hybridized carbons (Fsp3) is 0.875. The van der Waals surface area contributed by atoms with Gasteiger partial charge in [-0.25, -0.2) is 0 Å². The van der Waals surface area contributed by atoms with Gasteiger partial charge in [-0.05, 0) is 12.8 Å². The number of nitrogens with zero attached hydrogens (tertiary/aromatic N) is 1. The molecule has 0 unspecified atom stereocenters. The fourth-order valence-corrected chi connectivity index (χ4v) is 1.92.